The molecule has 0 spiro atoms. The maximum absolute atomic E-state index is 14.1. The highest BCUT2D eigenvalue weighted by Gasteiger charge is 2.30. The first-order valence-electron chi connectivity index (χ1n) is 14.4. The smallest absolute Gasteiger partial charge is 0.264 e. The number of likely N-dealkylation sites (tertiary alicyclic amines) is 1. The third kappa shape index (κ3) is 6.48. The number of rotatable bonds is 8. The number of benzene rings is 4. The van der Waals surface area contributed by atoms with Crippen LogP contribution in [0.3, 0.4) is 0 Å². The first-order valence-corrected chi connectivity index (χ1v) is 16.2. The van der Waals surface area contributed by atoms with Crippen LogP contribution in [-0.4, -0.2) is 42.3 Å². The first kappa shape index (κ1) is 30.5. The Morgan fingerprint density at radius 1 is 0.911 bits per heavy atom. The van der Waals surface area contributed by atoms with E-state index in [-0.39, 0.29) is 28.8 Å². The molecule has 0 atom stereocenters. The number of carbonyl (C=O) groups is 1. The van der Waals surface area contributed by atoms with Gasteiger partial charge in [-0.05, 0) is 66.9 Å². The molecule has 0 saturated carbocycles. The molecule has 7 nitrogen and oxygen atoms in total. The molecular formula is C34H29ClF2N4O3S. The van der Waals surface area contributed by atoms with Crippen molar-refractivity contribution in [3.63, 3.8) is 0 Å². The number of carbonyl (C=O) groups excluding carboxylic acids is 1. The number of halogens is 3. The van der Waals surface area contributed by atoms with Crippen LogP contribution in [0.15, 0.2) is 108 Å². The molecule has 6 rings (SSSR count). The zero-order valence-corrected chi connectivity index (χ0v) is 25.6. The number of anilines is 1. The predicted molar refractivity (Wildman–Crippen MR) is 170 cm³/mol. The fraction of sp³-hybridized carbons (Fsp3) is 0.176. The summed E-state index contributed by atoms with van der Waals surface area (Å²) in [5, 5.41) is 0.292. The van der Waals surface area contributed by atoms with Gasteiger partial charge in [0.1, 0.15) is 5.82 Å². The fourth-order valence-electron chi connectivity index (χ4n) is 5.51. The molecule has 1 saturated heterocycles. The number of piperidine rings is 1. The summed E-state index contributed by atoms with van der Waals surface area (Å²) < 4.78 is 56.5. The van der Waals surface area contributed by atoms with Gasteiger partial charge in [0.25, 0.3) is 15.9 Å². The fourth-order valence-corrected chi connectivity index (χ4v) is 7.32. The van der Waals surface area contributed by atoms with Gasteiger partial charge in [0.05, 0.1) is 34.0 Å². The van der Waals surface area contributed by atoms with Crippen LogP contribution in [0.1, 0.15) is 40.5 Å². The third-order valence-electron chi connectivity index (χ3n) is 7.95. The van der Waals surface area contributed by atoms with Gasteiger partial charge in [-0.15, -0.1) is 0 Å². The Labute approximate surface area is 265 Å². The molecule has 230 valence electrons. The molecule has 2 heterocycles. The van der Waals surface area contributed by atoms with E-state index in [1.54, 1.807) is 47.5 Å². The van der Waals surface area contributed by atoms with Crippen molar-refractivity contribution >= 4 is 33.2 Å². The van der Waals surface area contributed by atoms with Crippen molar-refractivity contribution in [1.29, 1.82) is 0 Å². The van der Waals surface area contributed by atoms with Crippen LogP contribution in [0.25, 0.3) is 11.3 Å². The summed E-state index contributed by atoms with van der Waals surface area (Å²) in [7, 11) is -4.11. The van der Waals surface area contributed by atoms with Crippen LogP contribution in [-0.2, 0) is 16.6 Å². The van der Waals surface area contributed by atoms with E-state index in [0.717, 1.165) is 17.7 Å². The van der Waals surface area contributed by atoms with Crippen LogP contribution in [0.2, 0.25) is 5.02 Å². The van der Waals surface area contributed by atoms with Crippen molar-refractivity contribution in [2.45, 2.75) is 30.2 Å². The van der Waals surface area contributed by atoms with Gasteiger partial charge >= 0.3 is 0 Å². The molecule has 0 unspecified atom stereocenters. The molecule has 1 N–H and O–H groups in total. The van der Waals surface area contributed by atoms with Gasteiger partial charge in [0, 0.05) is 30.1 Å². The summed E-state index contributed by atoms with van der Waals surface area (Å²) in [6, 6.07) is 25.8. The van der Waals surface area contributed by atoms with Crippen LogP contribution in [0.4, 0.5) is 14.5 Å². The third-order valence-corrected chi connectivity index (χ3v) is 10.0. The van der Waals surface area contributed by atoms with Gasteiger partial charge in [-0.25, -0.2) is 22.2 Å². The molecule has 0 radical (unpaired) electrons. The number of hydrogen-bond donors (Lipinski definition) is 1. The molecule has 45 heavy (non-hydrogen) atoms. The van der Waals surface area contributed by atoms with Crippen molar-refractivity contribution in [3.8, 4) is 11.3 Å². The van der Waals surface area contributed by atoms with Crippen LogP contribution >= 0.6 is 11.6 Å². The van der Waals surface area contributed by atoms with E-state index in [2.05, 4.69) is 9.97 Å². The Hall–Kier alpha value is -4.54. The minimum atomic E-state index is -4.11. The van der Waals surface area contributed by atoms with Crippen LogP contribution < -0.4 is 4.31 Å². The quantitative estimate of drug-likeness (QED) is 0.190. The zero-order valence-electron chi connectivity index (χ0n) is 24.0. The normalized spacial score (nSPS) is 14.0. The highest BCUT2D eigenvalue weighted by molar-refractivity contribution is 7.92. The van der Waals surface area contributed by atoms with Gasteiger partial charge in [-0.2, -0.15) is 0 Å². The van der Waals surface area contributed by atoms with Gasteiger partial charge < -0.3 is 9.88 Å². The van der Waals surface area contributed by atoms with Crippen molar-refractivity contribution in [1.82, 2.24) is 14.9 Å². The van der Waals surface area contributed by atoms with Crippen LogP contribution in [0.5, 0.6) is 0 Å². The summed E-state index contributed by atoms with van der Waals surface area (Å²) in [5.74, 6) is -1.35. The molecule has 0 bridgehead atoms. The zero-order chi connectivity index (χ0) is 31.6. The van der Waals surface area contributed by atoms with E-state index in [0.29, 0.717) is 53.7 Å². The number of amides is 1. The molecule has 1 amide bonds. The molecule has 5 aromatic rings. The molecule has 1 aliphatic rings. The lowest BCUT2D eigenvalue weighted by molar-refractivity contribution is 0.0711. The molecule has 1 aliphatic heterocycles. The highest BCUT2D eigenvalue weighted by Crippen LogP contribution is 2.33. The van der Waals surface area contributed by atoms with Crippen molar-refractivity contribution in [3.05, 3.63) is 137 Å². The molecule has 11 heteroatoms. The summed E-state index contributed by atoms with van der Waals surface area (Å²) >= 11 is 6.46. The van der Waals surface area contributed by atoms with E-state index in [1.165, 1.54) is 22.5 Å². The monoisotopic (exact) mass is 646 g/mol. The second-order valence-electron chi connectivity index (χ2n) is 10.9. The Kier molecular flexibility index (Phi) is 8.69. The maximum Gasteiger partial charge on any atom is 0.264 e. The van der Waals surface area contributed by atoms with E-state index < -0.39 is 21.7 Å². The number of nitrogens with zero attached hydrogens (tertiary/aromatic N) is 3. The summed E-state index contributed by atoms with van der Waals surface area (Å²) in [6.45, 7) is 0.950. The van der Waals surface area contributed by atoms with E-state index >= 15 is 0 Å². The molecule has 4 aromatic carbocycles. The van der Waals surface area contributed by atoms with E-state index in [1.807, 2.05) is 30.3 Å². The van der Waals surface area contributed by atoms with E-state index in [9.17, 15) is 22.0 Å². The highest BCUT2D eigenvalue weighted by atomic mass is 35.5. The number of H-pyrrole nitrogens is 1. The summed E-state index contributed by atoms with van der Waals surface area (Å²) in [6.07, 6.45) is 2.85. The van der Waals surface area contributed by atoms with Crippen molar-refractivity contribution in [2.75, 3.05) is 17.4 Å². The van der Waals surface area contributed by atoms with Gasteiger partial charge in [-0.1, -0.05) is 60.1 Å². The van der Waals surface area contributed by atoms with Crippen molar-refractivity contribution in [2.24, 2.45) is 0 Å². The largest absolute Gasteiger partial charge is 0.342 e. The average Bonchev–Trinajstić information content (AvgIpc) is 3.56. The molecule has 0 aliphatic carbocycles. The maximum atomic E-state index is 14.1. The number of imidazole rings is 1. The van der Waals surface area contributed by atoms with Gasteiger partial charge in [0.2, 0.25) is 0 Å². The number of aromatic amines is 1. The van der Waals surface area contributed by atoms with E-state index in [4.69, 9.17) is 11.6 Å². The number of nitrogens with one attached hydrogen (secondary N) is 1. The average molecular weight is 647 g/mol. The minimum Gasteiger partial charge on any atom is -0.342 e. The van der Waals surface area contributed by atoms with Crippen molar-refractivity contribution < 1.29 is 22.0 Å². The SMILES string of the molecule is O=C(c1cccc(S(=O)(=O)N(Cc2ccccc2)c2ccccc2Cl)c1)N1CCC(c2ncc(-c3ccc(F)c(F)c3)[nH]2)CC1. The number of aromatic nitrogens is 2. The van der Waals surface area contributed by atoms with Gasteiger partial charge in [-0.3, -0.25) is 9.10 Å². The molecule has 1 fully saturated rings. The Balaban J connectivity index is 1.18. The lowest BCUT2D eigenvalue weighted by atomic mass is 9.95. The number of para-hydroxylation sites is 1. The van der Waals surface area contributed by atoms with Gasteiger partial charge in [0.15, 0.2) is 11.6 Å². The second kappa shape index (κ2) is 12.8. The summed E-state index contributed by atoms with van der Waals surface area (Å²) in [4.78, 5) is 22.9. The Morgan fingerprint density at radius 3 is 2.38 bits per heavy atom. The molecular weight excluding hydrogens is 618 g/mol. The first-order chi connectivity index (χ1) is 21.7. The lowest BCUT2D eigenvalue weighted by Crippen LogP contribution is -2.38. The summed E-state index contributed by atoms with van der Waals surface area (Å²) in [5.41, 5.74) is 2.47. The predicted octanol–water partition coefficient (Wildman–Crippen LogP) is 7.42. The Bertz CT molecular complexity index is 1940. The lowest BCUT2D eigenvalue weighted by Gasteiger charge is -2.31. The number of sulfonamides is 1. The topological polar surface area (TPSA) is 86.4 Å². The second-order valence-corrected chi connectivity index (χ2v) is 13.1. The molecule has 1 aromatic heterocycles. The van der Waals surface area contributed by atoms with Crippen LogP contribution in [0, 0.1) is 11.6 Å². The minimum absolute atomic E-state index is 0.0144. The Morgan fingerprint density at radius 2 is 1.64 bits per heavy atom. The number of hydrogen-bond acceptors (Lipinski definition) is 4. The standard InChI is InChI=1S/C34H29ClF2N4O3S/c35-28-11-4-5-12-32(28)41(22-23-7-2-1-3-8-23)45(43,44)27-10-6-9-26(19-27)34(42)40-17-15-24(16-18-40)33-38-21-31(39-33)25-13-14-29(36)30(37)20-25/h1-14,19-21,24H,15-18,22H2,(H,38,39).